The van der Waals surface area contributed by atoms with Crippen LogP contribution in [0.25, 0.3) is 16.9 Å². The average molecular weight is 508 g/mol. The van der Waals surface area contributed by atoms with Gasteiger partial charge in [0.1, 0.15) is 17.4 Å². The molecule has 0 spiro atoms. The number of esters is 1. The van der Waals surface area contributed by atoms with Gasteiger partial charge in [0.05, 0.1) is 30.3 Å². The largest absolute Gasteiger partial charge is 0.497 e. The normalized spacial score (nSPS) is 20.6. The van der Waals surface area contributed by atoms with Gasteiger partial charge in [0, 0.05) is 5.56 Å². The van der Waals surface area contributed by atoms with Gasteiger partial charge < -0.3 is 25.1 Å². The number of nitrogens with zero attached hydrogens (tertiary/aromatic N) is 2. The summed E-state index contributed by atoms with van der Waals surface area (Å²) in [6.07, 6.45) is 2.12. The molecule has 1 aliphatic carbocycles. The molecule has 3 aromatic rings. The van der Waals surface area contributed by atoms with Gasteiger partial charge in [-0.2, -0.15) is 5.10 Å². The second kappa shape index (κ2) is 11.5. The van der Waals surface area contributed by atoms with Crippen LogP contribution in [0, 0.1) is 12.8 Å². The number of nitrogens with two attached hydrogens (primary N) is 1. The standard InChI is InChI=1S/C29H37N3O5/c1-19(2)27(30)28(33)37-18-36-24-13-15-29(34,16-14-24)26-17-25(21-7-5-20(3)6-8-21)32(31-26)22-9-11-23(35-4)12-10-22/h5-12,17,19,24,27,34H,13-16,18,30H2,1-4H3. The molecular weight excluding hydrogens is 470 g/mol. The molecule has 0 amide bonds. The van der Waals surface area contributed by atoms with Crippen LogP contribution in [0.1, 0.15) is 50.8 Å². The number of ether oxygens (including phenoxy) is 3. The molecule has 0 saturated heterocycles. The number of aliphatic hydroxyl groups is 1. The lowest BCUT2D eigenvalue weighted by molar-refractivity contribution is -0.168. The first-order valence-electron chi connectivity index (χ1n) is 12.8. The highest BCUT2D eigenvalue weighted by Crippen LogP contribution is 2.39. The Kier molecular flexibility index (Phi) is 8.32. The molecule has 0 bridgehead atoms. The van der Waals surface area contributed by atoms with E-state index in [2.05, 4.69) is 31.2 Å². The summed E-state index contributed by atoms with van der Waals surface area (Å²) in [5.74, 6) is 0.302. The summed E-state index contributed by atoms with van der Waals surface area (Å²) in [6, 6.07) is 17.3. The summed E-state index contributed by atoms with van der Waals surface area (Å²) < 4.78 is 18.1. The summed E-state index contributed by atoms with van der Waals surface area (Å²) in [7, 11) is 1.64. The first-order chi connectivity index (χ1) is 17.7. The van der Waals surface area contributed by atoms with E-state index in [1.165, 1.54) is 5.56 Å². The number of aromatic nitrogens is 2. The van der Waals surface area contributed by atoms with Gasteiger partial charge in [-0.15, -0.1) is 0 Å². The molecule has 2 aromatic carbocycles. The maximum Gasteiger partial charge on any atom is 0.325 e. The van der Waals surface area contributed by atoms with Crippen molar-refractivity contribution in [2.75, 3.05) is 13.9 Å². The van der Waals surface area contributed by atoms with E-state index < -0.39 is 17.6 Å². The molecule has 0 radical (unpaired) electrons. The summed E-state index contributed by atoms with van der Waals surface area (Å²) in [6.45, 7) is 5.66. The highest BCUT2D eigenvalue weighted by atomic mass is 16.7. The van der Waals surface area contributed by atoms with Gasteiger partial charge in [-0.3, -0.25) is 4.79 Å². The Balaban J connectivity index is 1.49. The predicted molar refractivity (Wildman–Crippen MR) is 141 cm³/mol. The van der Waals surface area contributed by atoms with Crippen LogP contribution < -0.4 is 10.5 Å². The van der Waals surface area contributed by atoms with Crippen LogP contribution in [0.4, 0.5) is 0 Å². The molecule has 0 aliphatic heterocycles. The van der Waals surface area contributed by atoms with Gasteiger partial charge in [0.2, 0.25) is 0 Å². The molecule has 3 N–H and O–H groups in total. The van der Waals surface area contributed by atoms with E-state index in [0.29, 0.717) is 31.4 Å². The zero-order valence-electron chi connectivity index (χ0n) is 22.0. The topological polar surface area (TPSA) is 109 Å². The molecule has 37 heavy (non-hydrogen) atoms. The minimum absolute atomic E-state index is 0.000270. The first-order valence-corrected chi connectivity index (χ1v) is 12.8. The van der Waals surface area contributed by atoms with Crippen LogP contribution in [0.3, 0.4) is 0 Å². The van der Waals surface area contributed by atoms with E-state index in [-0.39, 0.29) is 18.8 Å². The van der Waals surface area contributed by atoms with Crippen LogP contribution >= 0.6 is 0 Å². The number of hydrogen-bond donors (Lipinski definition) is 2. The Hall–Kier alpha value is -3.20. The first kappa shape index (κ1) is 26.9. The third kappa shape index (κ3) is 6.21. The second-order valence-corrected chi connectivity index (χ2v) is 10.1. The molecule has 1 saturated carbocycles. The number of methoxy groups -OCH3 is 1. The molecule has 198 valence electrons. The van der Waals surface area contributed by atoms with Crippen molar-refractivity contribution in [2.45, 2.75) is 64.2 Å². The van der Waals surface area contributed by atoms with Crippen molar-refractivity contribution in [3.63, 3.8) is 0 Å². The molecule has 1 aromatic heterocycles. The molecule has 1 fully saturated rings. The van der Waals surface area contributed by atoms with Crippen molar-refractivity contribution in [2.24, 2.45) is 11.7 Å². The van der Waals surface area contributed by atoms with E-state index in [0.717, 1.165) is 22.7 Å². The van der Waals surface area contributed by atoms with E-state index in [4.69, 9.17) is 25.0 Å². The van der Waals surface area contributed by atoms with E-state index in [1.807, 2.05) is 48.9 Å². The fraction of sp³-hybridized carbons (Fsp3) is 0.448. The number of benzene rings is 2. The fourth-order valence-electron chi connectivity index (χ4n) is 4.51. The summed E-state index contributed by atoms with van der Waals surface area (Å²) >= 11 is 0. The molecule has 1 aliphatic rings. The molecule has 8 nitrogen and oxygen atoms in total. The maximum absolute atomic E-state index is 12.0. The lowest BCUT2D eigenvalue weighted by atomic mass is 9.81. The number of aryl methyl sites for hydroxylation is 1. The van der Waals surface area contributed by atoms with Gasteiger partial charge in [-0.1, -0.05) is 43.7 Å². The summed E-state index contributed by atoms with van der Waals surface area (Å²) in [5.41, 5.74) is 9.35. The minimum Gasteiger partial charge on any atom is -0.497 e. The Labute approximate surface area is 218 Å². The number of hydrogen-bond acceptors (Lipinski definition) is 7. The second-order valence-electron chi connectivity index (χ2n) is 10.1. The summed E-state index contributed by atoms with van der Waals surface area (Å²) in [5, 5.41) is 16.5. The van der Waals surface area contributed by atoms with Crippen LogP contribution in [0.15, 0.2) is 54.6 Å². The van der Waals surface area contributed by atoms with Crippen molar-refractivity contribution < 1.29 is 24.1 Å². The van der Waals surface area contributed by atoms with Crippen molar-refractivity contribution in [3.05, 3.63) is 65.9 Å². The van der Waals surface area contributed by atoms with E-state index in [1.54, 1.807) is 7.11 Å². The van der Waals surface area contributed by atoms with Gasteiger partial charge in [-0.05, 0) is 68.9 Å². The minimum atomic E-state index is -1.08. The third-order valence-electron chi connectivity index (χ3n) is 7.11. The Morgan fingerprint density at radius 3 is 2.38 bits per heavy atom. The van der Waals surface area contributed by atoms with Crippen LogP contribution in [0.5, 0.6) is 5.75 Å². The van der Waals surface area contributed by atoms with Gasteiger partial charge in [0.15, 0.2) is 6.79 Å². The smallest absolute Gasteiger partial charge is 0.325 e. The Bertz CT molecular complexity index is 1180. The number of carbonyl (C=O) groups excluding carboxylic acids is 1. The van der Waals surface area contributed by atoms with Gasteiger partial charge >= 0.3 is 5.97 Å². The highest BCUT2D eigenvalue weighted by Gasteiger charge is 2.38. The zero-order chi connectivity index (χ0) is 26.6. The molecule has 1 heterocycles. The molecule has 8 heteroatoms. The van der Waals surface area contributed by atoms with E-state index >= 15 is 0 Å². The molecular formula is C29H37N3O5. The monoisotopic (exact) mass is 507 g/mol. The van der Waals surface area contributed by atoms with Crippen molar-refractivity contribution >= 4 is 5.97 Å². The van der Waals surface area contributed by atoms with Crippen molar-refractivity contribution in [1.82, 2.24) is 9.78 Å². The van der Waals surface area contributed by atoms with Crippen LogP contribution in [-0.4, -0.2) is 46.9 Å². The predicted octanol–water partition coefficient (Wildman–Crippen LogP) is 4.49. The maximum atomic E-state index is 12.0. The quantitative estimate of drug-likeness (QED) is 0.324. The van der Waals surface area contributed by atoms with Crippen LogP contribution in [-0.2, 0) is 19.9 Å². The molecule has 4 rings (SSSR count). The molecule has 1 atom stereocenters. The highest BCUT2D eigenvalue weighted by molar-refractivity contribution is 5.75. The molecule has 1 unspecified atom stereocenters. The summed E-state index contributed by atoms with van der Waals surface area (Å²) in [4.78, 5) is 12.0. The Morgan fingerprint density at radius 2 is 1.78 bits per heavy atom. The Morgan fingerprint density at radius 1 is 1.14 bits per heavy atom. The van der Waals surface area contributed by atoms with E-state index in [9.17, 15) is 9.90 Å². The van der Waals surface area contributed by atoms with Crippen molar-refractivity contribution in [1.29, 1.82) is 0 Å². The number of carbonyl (C=O) groups is 1. The SMILES string of the molecule is COc1ccc(-n2nc(C3(O)CCC(OCOC(=O)C(N)C(C)C)CC3)cc2-c2ccc(C)cc2)cc1. The zero-order valence-corrected chi connectivity index (χ0v) is 22.0. The van der Waals surface area contributed by atoms with Crippen LogP contribution in [0.2, 0.25) is 0 Å². The number of rotatable bonds is 9. The third-order valence-corrected chi connectivity index (χ3v) is 7.11. The lowest BCUT2D eigenvalue weighted by Crippen LogP contribution is -2.38. The van der Waals surface area contributed by atoms with Gasteiger partial charge in [0.25, 0.3) is 0 Å². The fourth-order valence-corrected chi connectivity index (χ4v) is 4.51. The van der Waals surface area contributed by atoms with Crippen molar-refractivity contribution in [3.8, 4) is 22.7 Å². The van der Waals surface area contributed by atoms with Gasteiger partial charge in [-0.25, -0.2) is 4.68 Å². The lowest BCUT2D eigenvalue weighted by Gasteiger charge is -2.34. The average Bonchev–Trinajstić information content (AvgIpc) is 3.36.